The Bertz CT molecular complexity index is 507. The van der Waals surface area contributed by atoms with Crippen LogP contribution in [0.4, 0.5) is 0 Å². The fourth-order valence-electron chi connectivity index (χ4n) is 1.89. The van der Waals surface area contributed by atoms with Crippen LogP contribution in [0.2, 0.25) is 5.02 Å². The lowest BCUT2D eigenvalue weighted by molar-refractivity contribution is 0.580. The highest BCUT2D eigenvalue weighted by Crippen LogP contribution is 2.23. The van der Waals surface area contributed by atoms with E-state index in [1.807, 2.05) is 30.5 Å². The summed E-state index contributed by atoms with van der Waals surface area (Å²) in [6.07, 6.45) is 5.04. The standard InChI is InChI=1S/C14H18ClN3/c1-2-3-7-12(16)14-17-9-13(18-14)10-5-4-6-11(15)8-10/h4-6,8-9,12H,2-3,7,16H2,1H3,(H,17,18). The number of nitrogens with one attached hydrogen (secondary N) is 1. The van der Waals surface area contributed by atoms with Crippen LogP contribution in [0.25, 0.3) is 11.3 Å². The molecule has 3 nitrogen and oxygen atoms in total. The first-order chi connectivity index (χ1) is 8.70. The largest absolute Gasteiger partial charge is 0.341 e. The van der Waals surface area contributed by atoms with Crippen LogP contribution in [0, 0.1) is 0 Å². The zero-order valence-corrected chi connectivity index (χ0v) is 11.2. The molecule has 18 heavy (non-hydrogen) atoms. The van der Waals surface area contributed by atoms with E-state index in [4.69, 9.17) is 17.3 Å². The van der Waals surface area contributed by atoms with Crippen molar-refractivity contribution in [3.63, 3.8) is 0 Å². The van der Waals surface area contributed by atoms with Gasteiger partial charge in [0.05, 0.1) is 17.9 Å². The van der Waals surface area contributed by atoms with Gasteiger partial charge in [-0.25, -0.2) is 4.98 Å². The van der Waals surface area contributed by atoms with Gasteiger partial charge >= 0.3 is 0 Å². The van der Waals surface area contributed by atoms with E-state index in [0.29, 0.717) is 0 Å². The van der Waals surface area contributed by atoms with Crippen molar-refractivity contribution in [1.82, 2.24) is 9.97 Å². The molecular weight excluding hydrogens is 246 g/mol. The molecule has 0 saturated heterocycles. The first-order valence-electron chi connectivity index (χ1n) is 6.27. The topological polar surface area (TPSA) is 54.7 Å². The Morgan fingerprint density at radius 1 is 1.44 bits per heavy atom. The molecule has 0 spiro atoms. The Labute approximate surface area is 112 Å². The van der Waals surface area contributed by atoms with E-state index in [2.05, 4.69) is 16.9 Å². The van der Waals surface area contributed by atoms with E-state index >= 15 is 0 Å². The number of imidazole rings is 1. The minimum Gasteiger partial charge on any atom is -0.341 e. The maximum atomic E-state index is 6.08. The second-order valence-corrected chi connectivity index (χ2v) is 4.88. The van der Waals surface area contributed by atoms with Crippen LogP contribution in [0.15, 0.2) is 30.5 Å². The van der Waals surface area contributed by atoms with Gasteiger partial charge in [-0.3, -0.25) is 0 Å². The van der Waals surface area contributed by atoms with Gasteiger partial charge in [-0.1, -0.05) is 43.5 Å². The number of H-pyrrole nitrogens is 1. The highest BCUT2D eigenvalue weighted by molar-refractivity contribution is 6.30. The summed E-state index contributed by atoms with van der Waals surface area (Å²) in [5.41, 5.74) is 8.07. The third kappa shape index (κ3) is 3.12. The number of halogens is 1. The van der Waals surface area contributed by atoms with E-state index in [1.165, 1.54) is 0 Å². The van der Waals surface area contributed by atoms with Crippen LogP contribution in [0.5, 0.6) is 0 Å². The van der Waals surface area contributed by atoms with Crippen LogP contribution in [-0.2, 0) is 0 Å². The van der Waals surface area contributed by atoms with Crippen molar-refractivity contribution >= 4 is 11.6 Å². The molecule has 0 aliphatic carbocycles. The summed E-state index contributed by atoms with van der Waals surface area (Å²) in [4.78, 5) is 7.62. The van der Waals surface area contributed by atoms with Crippen molar-refractivity contribution in [3.8, 4) is 11.3 Å². The molecule has 1 aromatic carbocycles. The molecule has 0 aliphatic rings. The van der Waals surface area contributed by atoms with Gasteiger partial charge in [0, 0.05) is 10.6 Å². The zero-order valence-electron chi connectivity index (χ0n) is 10.5. The minimum atomic E-state index is -0.0158. The zero-order chi connectivity index (χ0) is 13.0. The SMILES string of the molecule is CCCCC(N)c1ncc(-c2cccc(Cl)c2)[nH]1. The number of rotatable bonds is 5. The summed E-state index contributed by atoms with van der Waals surface area (Å²) in [6.45, 7) is 2.16. The molecule has 3 N–H and O–H groups in total. The van der Waals surface area contributed by atoms with E-state index in [9.17, 15) is 0 Å². The number of nitrogens with two attached hydrogens (primary N) is 1. The average Bonchev–Trinajstić information content (AvgIpc) is 2.85. The lowest BCUT2D eigenvalue weighted by Gasteiger charge is -2.07. The monoisotopic (exact) mass is 263 g/mol. The number of benzene rings is 1. The van der Waals surface area contributed by atoms with Gasteiger partial charge in [-0.15, -0.1) is 0 Å². The van der Waals surface area contributed by atoms with Gasteiger partial charge in [-0.05, 0) is 18.6 Å². The van der Waals surface area contributed by atoms with Gasteiger partial charge in [-0.2, -0.15) is 0 Å². The van der Waals surface area contributed by atoms with Gasteiger partial charge in [0.1, 0.15) is 5.82 Å². The van der Waals surface area contributed by atoms with E-state index < -0.39 is 0 Å². The number of hydrogen-bond acceptors (Lipinski definition) is 2. The molecule has 0 saturated carbocycles. The Morgan fingerprint density at radius 2 is 2.28 bits per heavy atom. The summed E-state index contributed by atoms with van der Waals surface area (Å²) < 4.78 is 0. The van der Waals surface area contributed by atoms with E-state index in [-0.39, 0.29) is 6.04 Å². The van der Waals surface area contributed by atoms with Crippen LogP contribution in [0.1, 0.15) is 38.1 Å². The van der Waals surface area contributed by atoms with Crippen LogP contribution in [0.3, 0.4) is 0 Å². The lowest BCUT2D eigenvalue weighted by Crippen LogP contribution is -2.11. The molecule has 1 aromatic heterocycles. The predicted molar refractivity (Wildman–Crippen MR) is 75.5 cm³/mol. The summed E-state index contributed by atoms with van der Waals surface area (Å²) in [6, 6.07) is 7.68. The summed E-state index contributed by atoms with van der Waals surface area (Å²) in [5.74, 6) is 0.846. The molecule has 2 aromatic rings. The molecule has 0 aliphatic heterocycles. The van der Waals surface area contributed by atoms with Crippen molar-refractivity contribution in [2.45, 2.75) is 32.2 Å². The molecule has 2 rings (SSSR count). The molecule has 0 radical (unpaired) electrons. The second-order valence-electron chi connectivity index (χ2n) is 4.44. The number of aromatic amines is 1. The van der Waals surface area contributed by atoms with Crippen LogP contribution < -0.4 is 5.73 Å². The van der Waals surface area contributed by atoms with Crippen molar-refractivity contribution in [2.24, 2.45) is 5.73 Å². The Morgan fingerprint density at radius 3 is 3.00 bits per heavy atom. The molecule has 0 fully saturated rings. The molecule has 96 valence electrons. The predicted octanol–water partition coefficient (Wildman–Crippen LogP) is 3.92. The first-order valence-corrected chi connectivity index (χ1v) is 6.65. The van der Waals surface area contributed by atoms with Crippen molar-refractivity contribution in [1.29, 1.82) is 0 Å². The molecular formula is C14H18ClN3. The normalized spacial score (nSPS) is 12.6. The fraction of sp³-hybridized carbons (Fsp3) is 0.357. The van der Waals surface area contributed by atoms with Gasteiger partial charge in [0.15, 0.2) is 0 Å². The van der Waals surface area contributed by atoms with Crippen LogP contribution >= 0.6 is 11.6 Å². The molecule has 0 bridgehead atoms. The van der Waals surface area contributed by atoms with Gasteiger partial charge in [0.25, 0.3) is 0 Å². The lowest BCUT2D eigenvalue weighted by atomic mass is 10.1. The second kappa shape index (κ2) is 6.03. The Balaban J connectivity index is 2.15. The summed E-state index contributed by atoms with van der Waals surface area (Å²) in [5, 5.41) is 0.721. The highest BCUT2D eigenvalue weighted by atomic mass is 35.5. The first kappa shape index (κ1) is 13.1. The summed E-state index contributed by atoms with van der Waals surface area (Å²) in [7, 11) is 0. The van der Waals surface area contributed by atoms with Crippen molar-refractivity contribution < 1.29 is 0 Å². The molecule has 4 heteroatoms. The number of aromatic nitrogens is 2. The number of nitrogens with zero attached hydrogens (tertiary/aromatic N) is 1. The minimum absolute atomic E-state index is 0.0158. The molecule has 1 atom stereocenters. The molecule has 0 amide bonds. The van der Waals surface area contributed by atoms with Gasteiger partial charge in [0.2, 0.25) is 0 Å². The Kier molecular flexibility index (Phi) is 4.39. The van der Waals surface area contributed by atoms with Crippen LogP contribution in [-0.4, -0.2) is 9.97 Å². The number of hydrogen-bond donors (Lipinski definition) is 2. The average molecular weight is 264 g/mol. The fourth-order valence-corrected chi connectivity index (χ4v) is 2.08. The maximum Gasteiger partial charge on any atom is 0.123 e. The highest BCUT2D eigenvalue weighted by Gasteiger charge is 2.10. The Hall–Kier alpha value is -1.32. The third-order valence-electron chi connectivity index (χ3n) is 2.95. The van der Waals surface area contributed by atoms with Crippen molar-refractivity contribution in [3.05, 3.63) is 41.3 Å². The quantitative estimate of drug-likeness (QED) is 0.859. The van der Waals surface area contributed by atoms with E-state index in [1.54, 1.807) is 0 Å². The molecule has 1 heterocycles. The molecule has 1 unspecified atom stereocenters. The smallest absolute Gasteiger partial charge is 0.123 e. The summed E-state index contributed by atoms with van der Waals surface area (Å²) >= 11 is 5.97. The third-order valence-corrected chi connectivity index (χ3v) is 3.19. The number of unbranched alkanes of at least 4 members (excludes halogenated alkanes) is 1. The van der Waals surface area contributed by atoms with Gasteiger partial charge < -0.3 is 10.7 Å². The van der Waals surface area contributed by atoms with Crippen molar-refractivity contribution in [2.75, 3.05) is 0 Å². The van der Waals surface area contributed by atoms with E-state index in [0.717, 1.165) is 41.4 Å². The maximum absolute atomic E-state index is 6.08.